The van der Waals surface area contributed by atoms with E-state index in [-0.39, 0.29) is 17.8 Å². The number of benzene rings is 3. The molecule has 1 aliphatic heterocycles. The third-order valence-corrected chi connectivity index (χ3v) is 7.28. The number of carbonyl (C=O) groups is 1. The van der Waals surface area contributed by atoms with Crippen LogP contribution in [0.25, 0.3) is 0 Å². The maximum atomic E-state index is 13.8. The van der Waals surface area contributed by atoms with Gasteiger partial charge in [-0.2, -0.15) is 0 Å². The summed E-state index contributed by atoms with van der Waals surface area (Å²) >= 11 is 13.3. The Hall–Kier alpha value is -3.15. The van der Waals surface area contributed by atoms with Crippen LogP contribution in [0.2, 0.25) is 10.0 Å². The summed E-state index contributed by atoms with van der Waals surface area (Å²) in [6.45, 7) is 3.96. The predicted molar refractivity (Wildman–Crippen MR) is 146 cm³/mol. The first kappa shape index (κ1) is 24.5. The van der Waals surface area contributed by atoms with Gasteiger partial charge in [-0.1, -0.05) is 47.5 Å². The third-order valence-electron chi connectivity index (χ3n) is 6.62. The Bertz CT molecular complexity index is 1330. The van der Waals surface area contributed by atoms with Crippen molar-refractivity contribution in [2.75, 3.05) is 17.7 Å². The average Bonchev–Trinajstić information content (AvgIpc) is 3.00. The highest BCUT2D eigenvalue weighted by Crippen LogP contribution is 2.47. The van der Waals surface area contributed by atoms with Crippen LogP contribution >= 0.6 is 23.2 Å². The van der Waals surface area contributed by atoms with E-state index >= 15 is 0 Å². The number of halogens is 2. The lowest BCUT2D eigenvalue weighted by Gasteiger charge is -2.30. The van der Waals surface area contributed by atoms with Gasteiger partial charge in [0.15, 0.2) is 17.3 Å². The number of hydrogen-bond donors (Lipinski definition) is 2. The topological polar surface area (TPSA) is 59.6 Å². The molecule has 0 radical (unpaired) electrons. The number of para-hydroxylation sites is 2. The first-order chi connectivity index (χ1) is 17.4. The third kappa shape index (κ3) is 4.65. The number of methoxy groups -OCH3 is 1. The number of hydrogen-bond acceptors (Lipinski definition) is 5. The van der Waals surface area contributed by atoms with Gasteiger partial charge in [0, 0.05) is 33.3 Å². The molecule has 0 saturated carbocycles. The van der Waals surface area contributed by atoms with Crippen molar-refractivity contribution in [3.05, 3.63) is 93.1 Å². The summed E-state index contributed by atoms with van der Waals surface area (Å²) in [6, 6.07) is 18.8. The lowest BCUT2D eigenvalue weighted by Crippen LogP contribution is -2.27. The molecule has 5 nitrogen and oxygen atoms in total. The summed E-state index contributed by atoms with van der Waals surface area (Å²) in [5.41, 5.74) is 5.06. The number of nitrogens with one attached hydrogen (secondary N) is 2. The highest BCUT2D eigenvalue weighted by Gasteiger charge is 2.37. The molecule has 0 bridgehead atoms. The Morgan fingerprint density at radius 3 is 2.33 bits per heavy atom. The molecule has 0 saturated heterocycles. The van der Waals surface area contributed by atoms with Crippen molar-refractivity contribution in [2.45, 2.75) is 44.8 Å². The van der Waals surface area contributed by atoms with Crippen molar-refractivity contribution in [3.8, 4) is 11.5 Å². The first-order valence-corrected chi connectivity index (χ1v) is 12.8. The van der Waals surface area contributed by atoms with Crippen molar-refractivity contribution in [1.82, 2.24) is 0 Å². The maximum absolute atomic E-state index is 13.8. The van der Waals surface area contributed by atoms with Crippen molar-refractivity contribution in [3.63, 3.8) is 0 Å². The number of ether oxygens (including phenoxy) is 2. The van der Waals surface area contributed by atoms with Crippen LogP contribution in [0.1, 0.15) is 49.8 Å². The second kappa shape index (κ2) is 10.1. The number of carbonyl (C=O) groups excluding carboxylic acids is 1. The predicted octanol–water partition coefficient (Wildman–Crippen LogP) is 7.77. The summed E-state index contributed by atoms with van der Waals surface area (Å²) < 4.78 is 11.5. The monoisotopic (exact) mass is 522 g/mol. The van der Waals surface area contributed by atoms with Crippen LogP contribution in [0.4, 0.5) is 11.4 Å². The Morgan fingerprint density at radius 1 is 0.917 bits per heavy atom. The summed E-state index contributed by atoms with van der Waals surface area (Å²) in [4.78, 5) is 13.8. The normalized spacial score (nSPS) is 19.1. The van der Waals surface area contributed by atoms with Gasteiger partial charge in [0.1, 0.15) is 0 Å². The van der Waals surface area contributed by atoms with Gasteiger partial charge in [-0.25, -0.2) is 0 Å². The smallest absolute Gasteiger partial charge is 0.163 e. The van der Waals surface area contributed by atoms with Gasteiger partial charge in [0.05, 0.1) is 30.6 Å². The fraction of sp³-hybridized carbons (Fsp3) is 0.276. The second-order valence-electron chi connectivity index (χ2n) is 9.38. The molecule has 0 aromatic heterocycles. The molecular formula is C29H28Cl2N2O3. The van der Waals surface area contributed by atoms with Crippen LogP contribution in [-0.2, 0) is 4.79 Å². The molecule has 5 rings (SSSR count). The fourth-order valence-electron chi connectivity index (χ4n) is 5.02. The number of Topliss-reactive ketones (excluding diaryl/α,β-unsaturated/α-hetero) is 1. The molecule has 36 heavy (non-hydrogen) atoms. The summed E-state index contributed by atoms with van der Waals surface area (Å²) in [5, 5.41) is 8.13. The quantitative estimate of drug-likeness (QED) is 0.358. The Kier molecular flexibility index (Phi) is 6.87. The largest absolute Gasteiger partial charge is 0.493 e. The SMILES string of the molecule is COc1cc(C2CC(=O)C3=C(C2)Nc2ccccc2NC3c2c(Cl)cccc2Cl)ccc1OC(C)C. The molecule has 2 unspecified atom stereocenters. The van der Waals surface area contributed by atoms with Crippen LogP contribution in [0.3, 0.4) is 0 Å². The molecule has 2 aliphatic rings. The first-order valence-electron chi connectivity index (χ1n) is 12.0. The van der Waals surface area contributed by atoms with E-state index in [1.807, 2.05) is 62.4 Å². The van der Waals surface area contributed by atoms with E-state index in [9.17, 15) is 4.79 Å². The number of anilines is 2. The van der Waals surface area contributed by atoms with Crippen LogP contribution < -0.4 is 20.1 Å². The lowest BCUT2D eigenvalue weighted by atomic mass is 9.78. The van der Waals surface area contributed by atoms with E-state index < -0.39 is 6.04 Å². The van der Waals surface area contributed by atoms with Crippen LogP contribution in [-0.4, -0.2) is 19.0 Å². The molecule has 2 N–H and O–H groups in total. The minimum Gasteiger partial charge on any atom is -0.493 e. The number of ketones is 1. The molecule has 0 fully saturated rings. The maximum Gasteiger partial charge on any atom is 0.163 e. The van der Waals surface area contributed by atoms with Gasteiger partial charge >= 0.3 is 0 Å². The van der Waals surface area contributed by atoms with Crippen molar-refractivity contribution < 1.29 is 14.3 Å². The van der Waals surface area contributed by atoms with Gasteiger partial charge < -0.3 is 20.1 Å². The van der Waals surface area contributed by atoms with E-state index in [2.05, 4.69) is 10.6 Å². The number of rotatable bonds is 5. The van der Waals surface area contributed by atoms with Crippen LogP contribution in [0, 0.1) is 0 Å². The van der Waals surface area contributed by atoms with Crippen molar-refractivity contribution in [1.29, 1.82) is 0 Å². The summed E-state index contributed by atoms with van der Waals surface area (Å²) in [5.74, 6) is 1.39. The molecule has 1 aliphatic carbocycles. The average molecular weight is 523 g/mol. The Morgan fingerprint density at radius 2 is 1.64 bits per heavy atom. The minimum absolute atomic E-state index is 0.0154. The van der Waals surface area contributed by atoms with Gasteiger partial charge in [0.25, 0.3) is 0 Å². The van der Waals surface area contributed by atoms with E-state index in [0.29, 0.717) is 45.5 Å². The number of fused-ring (bicyclic) bond motifs is 1. The molecule has 1 heterocycles. The second-order valence-corrected chi connectivity index (χ2v) is 10.2. The molecule has 0 amide bonds. The molecule has 2 atom stereocenters. The molecular weight excluding hydrogens is 495 g/mol. The zero-order valence-corrected chi connectivity index (χ0v) is 21.9. The van der Waals surface area contributed by atoms with Crippen molar-refractivity contribution in [2.24, 2.45) is 0 Å². The summed E-state index contributed by atoms with van der Waals surface area (Å²) in [6.07, 6.45) is 1.05. The van der Waals surface area contributed by atoms with Crippen molar-refractivity contribution >= 4 is 40.4 Å². The lowest BCUT2D eigenvalue weighted by molar-refractivity contribution is -0.116. The zero-order chi connectivity index (χ0) is 25.4. The van der Waals surface area contributed by atoms with E-state index in [0.717, 1.165) is 22.6 Å². The fourth-order valence-corrected chi connectivity index (χ4v) is 5.64. The summed E-state index contributed by atoms with van der Waals surface area (Å²) in [7, 11) is 1.63. The van der Waals surface area contributed by atoms with Crippen LogP contribution in [0.15, 0.2) is 71.9 Å². The molecule has 186 valence electrons. The highest BCUT2D eigenvalue weighted by molar-refractivity contribution is 6.36. The van der Waals surface area contributed by atoms with Gasteiger partial charge in [-0.3, -0.25) is 4.79 Å². The van der Waals surface area contributed by atoms with E-state index in [1.54, 1.807) is 19.2 Å². The Labute approximate surface area is 221 Å². The molecule has 0 spiro atoms. The Balaban J connectivity index is 1.58. The van der Waals surface area contributed by atoms with Gasteiger partial charge in [0.2, 0.25) is 0 Å². The highest BCUT2D eigenvalue weighted by atomic mass is 35.5. The molecule has 7 heteroatoms. The molecule has 3 aromatic rings. The zero-order valence-electron chi connectivity index (χ0n) is 20.4. The number of allylic oxidation sites excluding steroid dienone is 1. The molecule has 3 aromatic carbocycles. The minimum atomic E-state index is -0.470. The van der Waals surface area contributed by atoms with Gasteiger partial charge in [-0.15, -0.1) is 0 Å². The van der Waals surface area contributed by atoms with Gasteiger partial charge in [-0.05, 0) is 68.1 Å². The standard InChI is InChI=1S/C29H28Cl2N2O3/c1-16(2)36-25-12-11-17(15-26(25)35-3)18-13-23-28(24(34)14-18)29(27-19(30)7-6-8-20(27)31)33-22-10-5-4-9-21(22)32-23/h4-12,15-16,18,29,32-33H,13-14H2,1-3H3. The van der Waals surface area contributed by atoms with Crippen LogP contribution in [0.5, 0.6) is 11.5 Å². The van der Waals surface area contributed by atoms with E-state index in [4.69, 9.17) is 32.7 Å². The van der Waals surface area contributed by atoms with E-state index in [1.165, 1.54) is 0 Å².